The van der Waals surface area contributed by atoms with Crippen molar-refractivity contribution in [3.63, 3.8) is 0 Å². The largest absolute Gasteiger partial charge is 0.493 e. The van der Waals surface area contributed by atoms with Gasteiger partial charge in [-0.3, -0.25) is 0 Å². The first kappa shape index (κ1) is 10.1. The third-order valence-corrected chi connectivity index (χ3v) is 2.47. The lowest BCUT2D eigenvalue weighted by molar-refractivity contribution is 0.357. The Hall–Kier alpha value is -1.46. The number of hydrogen-bond acceptors (Lipinski definition) is 2. The third-order valence-electron chi connectivity index (χ3n) is 2.47. The van der Waals surface area contributed by atoms with E-state index >= 15 is 0 Å². The summed E-state index contributed by atoms with van der Waals surface area (Å²) in [6.45, 7) is 4.31. The van der Waals surface area contributed by atoms with Gasteiger partial charge in [0.2, 0.25) is 0 Å². The predicted molar refractivity (Wildman–Crippen MR) is 60.8 cm³/mol. The molecule has 0 aromatic heterocycles. The molecule has 15 heavy (non-hydrogen) atoms. The molecule has 0 amide bonds. The molecule has 1 heterocycles. The van der Waals surface area contributed by atoms with Crippen LogP contribution in [-0.2, 0) is 13.0 Å². The SMILES string of the molecule is CC#CCNCc1ccc2c(c1)CCO2. The summed E-state index contributed by atoms with van der Waals surface area (Å²) < 4.78 is 5.45. The molecule has 0 saturated carbocycles. The number of ether oxygens (including phenoxy) is 1. The normalized spacial score (nSPS) is 12.6. The molecule has 2 rings (SSSR count). The molecule has 1 aromatic rings. The quantitative estimate of drug-likeness (QED) is 0.594. The van der Waals surface area contributed by atoms with Crippen LogP contribution in [0, 0.1) is 11.8 Å². The molecule has 0 fully saturated rings. The number of benzene rings is 1. The average Bonchev–Trinajstić information content (AvgIpc) is 2.71. The van der Waals surface area contributed by atoms with Gasteiger partial charge in [-0.2, -0.15) is 0 Å². The summed E-state index contributed by atoms with van der Waals surface area (Å²) in [6, 6.07) is 6.39. The van der Waals surface area contributed by atoms with Gasteiger partial charge in [0, 0.05) is 13.0 Å². The highest BCUT2D eigenvalue weighted by atomic mass is 16.5. The van der Waals surface area contributed by atoms with Crippen molar-refractivity contribution in [2.45, 2.75) is 19.9 Å². The van der Waals surface area contributed by atoms with Gasteiger partial charge in [-0.15, -0.1) is 5.92 Å². The van der Waals surface area contributed by atoms with Crippen molar-refractivity contribution in [2.24, 2.45) is 0 Å². The summed E-state index contributed by atoms with van der Waals surface area (Å²) in [5, 5.41) is 3.28. The van der Waals surface area contributed by atoms with E-state index in [1.807, 2.05) is 6.92 Å². The van der Waals surface area contributed by atoms with E-state index in [1.165, 1.54) is 11.1 Å². The van der Waals surface area contributed by atoms with Gasteiger partial charge in [0.1, 0.15) is 5.75 Å². The Morgan fingerprint density at radius 2 is 2.40 bits per heavy atom. The first-order valence-electron chi connectivity index (χ1n) is 5.25. The molecule has 2 nitrogen and oxygen atoms in total. The number of rotatable bonds is 3. The first-order valence-corrected chi connectivity index (χ1v) is 5.25. The Morgan fingerprint density at radius 3 is 3.27 bits per heavy atom. The second kappa shape index (κ2) is 4.86. The van der Waals surface area contributed by atoms with Gasteiger partial charge in [0.05, 0.1) is 13.2 Å². The molecule has 0 aliphatic carbocycles. The molecular weight excluding hydrogens is 186 g/mol. The molecule has 0 atom stereocenters. The van der Waals surface area contributed by atoms with Crippen LogP contribution in [0.1, 0.15) is 18.1 Å². The summed E-state index contributed by atoms with van der Waals surface area (Å²) in [6.07, 6.45) is 1.04. The van der Waals surface area contributed by atoms with Crippen molar-refractivity contribution < 1.29 is 4.74 Å². The number of hydrogen-bond donors (Lipinski definition) is 1. The van der Waals surface area contributed by atoms with Crippen LogP contribution in [0.5, 0.6) is 5.75 Å². The zero-order chi connectivity index (χ0) is 10.5. The number of nitrogens with one attached hydrogen (secondary N) is 1. The molecule has 1 aliphatic heterocycles. The van der Waals surface area contributed by atoms with Crippen LogP contribution in [0.2, 0.25) is 0 Å². The Morgan fingerprint density at radius 1 is 1.47 bits per heavy atom. The van der Waals surface area contributed by atoms with E-state index < -0.39 is 0 Å². The average molecular weight is 201 g/mol. The molecule has 2 heteroatoms. The summed E-state index contributed by atoms with van der Waals surface area (Å²) in [5.74, 6) is 6.90. The van der Waals surface area contributed by atoms with Crippen molar-refractivity contribution in [1.29, 1.82) is 0 Å². The molecule has 0 radical (unpaired) electrons. The molecular formula is C13H15NO. The number of fused-ring (bicyclic) bond motifs is 1. The van der Waals surface area contributed by atoms with Gasteiger partial charge in [-0.05, 0) is 24.1 Å². The van der Waals surface area contributed by atoms with Crippen molar-refractivity contribution >= 4 is 0 Å². The molecule has 1 N–H and O–H groups in total. The van der Waals surface area contributed by atoms with Crippen LogP contribution in [0.4, 0.5) is 0 Å². The summed E-state index contributed by atoms with van der Waals surface area (Å²) >= 11 is 0. The lowest BCUT2D eigenvalue weighted by Crippen LogP contribution is -2.13. The Balaban J connectivity index is 1.94. The second-order valence-corrected chi connectivity index (χ2v) is 3.57. The van der Waals surface area contributed by atoms with Crippen LogP contribution in [0.3, 0.4) is 0 Å². The molecule has 78 valence electrons. The van der Waals surface area contributed by atoms with E-state index in [4.69, 9.17) is 4.74 Å². The Kier molecular flexibility index (Phi) is 3.26. The van der Waals surface area contributed by atoms with E-state index in [0.29, 0.717) is 0 Å². The maximum Gasteiger partial charge on any atom is 0.122 e. The van der Waals surface area contributed by atoms with E-state index in [0.717, 1.165) is 31.9 Å². The molecule has 1 aromatic carbocycles. The predicted octanol–water partition coefficient (Wildman–Crippen LogP) is 1.73. The molecule has 0 saturated heterocycles. The highest BCUT2D eigenvalue weighted by Crippen LogP contribution is 2.25. The summed E-state index contributed by atoms with van der Waals surface area (Å²) in [5.41, 5.74) is 2.63. The van der Waals surface area contributed by atoms with E-state index in [2.05, 4.69) is 35.4 Å². The van der Waals surface area contributed by atoms with Gasteiger partial charge in [-0.25, -0.2) is 0 Å². The van der Waals surface area contributed by atoms with Gasteiger partial charge in [-0.1, -0.05) is 18.1 Å². The lowest BCUT2D eigenvalue weighted by Gasteiger charge is -2.04. The highest BCUT2D eigenvalue weighted by molar-refractivity contribution is 5.39. The van der Waals surface area contributed by atoms with Crippen LogP contribution in [-0.4, -0.2) is 13.2 Å². The van der Waals surface area contributed by atoms with Gasteiger partial charge < -0.3 is 10.1 Å². The van der Waals surface area contributed by atoms with Crippen molar-refractivity contribution in [3.05, 3.63) is 29.3 Å². The monoisotopic (exact) mass is 201 g/mol. The van der Waals surface area contributed by atoms with Crippen LogP contribution in [0.25, 0.3) is 0 Å². The zero-order valence-corrected chi connectivity index (χ0v) is 8.97. The van der Waals surface area contributed by atoms with E-state index in [-0.39, 0.29) is 0 Å². The first-order chi connectivity index (χ1) is 7.40. The molecule has 0 bridgehead atoms. The fourth-order valence-corrected chi connectivity index (χ4v) is 1.71. The standard InChI is InChI=1S/C13H15NO/c1-2-3-7-14-10-11-4-5-13-12(9-11)6-8-15-13/h4-5,9,14H,6-8,10H2,1H3. The van der Waals surface area contributed by atoms with Crippen molar-refractivity contribution in [1.82, 2.24) is 5.32 Å². The zero-order valence-electron chi connectivity index (χ0n) is 8.97. The second-order valence-electron chi connectivity index (χ2n) is 3.57. The van der Waals surface area contributed by atoms with Crippen LogP contribution < -0.4 is 10.1 Å². The Labute approximate surface area is 90.6 Å². The fraction of sp³-hybridized carbons (Fsp3) is 0.385. The van der Waals surface area contributed by atoms with Gasteiger partial charge in [0.15, 0.2) is 0 Å². The van der Waals surface area contributed by atoms with Crippen LogP contribution in [0.15, 0.2) is 18.2 Å². The van der Waals surface area contributed by atoms with E-state index in [9.17, 15) is 0 Å². The van der Waals surface area contributed by atoms with E-state index in [1.54, 1.807) is 0 Å². The molecule has 1 aliphatic rings. The highest BCUT2D eigenvalue weighted by Gasteiger charge is 2.11. The van der Waals surface area contributed by atoms with Crippen molar-refractivity contribution in [3.8, 4) is 17.6 Å². The molecule has 0 spiro atoms. The topological polar surface area (TPSA) is 21.3 Å². The van der Waals surface area contributed by atoms with Gasteiger partial charge >= 0.3 is 0 Å². The minimum atomic E-state index is 0.754. The molecule has 0 unspecified atom stereocenters. The Bertz CT molecular complexity index is 401. The smallest absolute Gasteiger partial charge is 0.122 e. The third kappa shape index (κ3) is 2.51. The lowest BCUT2D eigenvalue weighted by atomic mass is 10.1. The van der Waals surface area contributed by atoms with Gasteiger partial charge in [0.25, 0.3) is 0 Å². The maximum atomic E-state index is 5.45. The fourth-order valence-electron chi connectivity index (χ4n) is 1.71. The minimum absolute atomic E-state index is 0.754. The summed E-state index contributed by atoms with van der Waals surface area (Å²) in [4.78, 5) is 0. The van der Waals surface area contributed by atoms with Crippen LogP contribution >= 0.6 is 0 Å². The minimum Gasteiger partial charge on any atom is -0.493 e. The van der Waals surface area contributed by atoms with Crippen molar-refractivity contribution in [2.75, 3.05) is 13.2 Å². The maximum absolute atomic E-state index is 5.45. The summed E-state index contributed by atoms with van der Waals surface area (Å²) in [7, 11) is 0.